The van der Waals surface area contributed by atoms with Crippen molar-refractivity contribution in [3.63, 3.8) is 0 Å². The summed E-state index contributed by atoms with van der Waals surface area (Å²) >= 11 is 0. The molecule has 0 saturated carbocycles. The molecule has 0 unspecified atom stereocenters. The molecule has 0 aliphatic carbocycles. The summed E-state index contributed by atoms with van der Waals surface area (Å²) in [6.07, 6.45) is 4.56. The Labute approximate surface area is 112 Å². The van der Waals surface area contributed by atoms with Gasteiger partial charge in [-0.25, -0.2) is 0 Å². The molecule has 0 bridgehead atoms. The lowest BCUT2D eigenvalue weighted by Crippen LogP contribution is -2.08. The fourth-order valence-electron chi connectivity index (χ4n) is 1.59. The molecule has 100 valence electrons. The van der Waals surface area contributed by atoms with Crippen LogP contribution < -0.4 is 16.4 Å². The first kappa shape index (κ1) is 13.1. The van der Waals surface area contributed by atoms with Crippen LogP contribution in [0.5, 0.6) is 0 Å². The molecular formula is C13H18N6. The van der Waals surface area contributed by atoms with Crippen molar-refractivity contribution in [1.29, 1.82) is 0 Å². The molecule has 0 saturated heterocycles. The van der Waals surface area contributed by atoms with E-state index < -0.39 is 0 Å². The summed E-state index contributed by atoms with van der Waals surface area (Å²) in [7, 11) is 0. The Morgan fingerprint density at radius 2 is 1.79 bits per heavy atom. The van der Waals surface area contributed by atoms with Crippen molar-refractivity contribution >= 4 is 17.6 Å². The molecule has 2 heterocycles. The van der Waals surface area contributed by atoms with Gasteiger partial charge in [-0.15, -0.1) is 0 Å². The molecule has 2 rings (SSSR count). The summed E-state index contributed by atoms with van der Waals surface area (Å²) < 4.78 is 0. The Morgan fingerprint density at radius 3 is 2.47 bits per heavy atom. The monoisotopic (exact) mass is 258 g/mol. The van der Waals surface area contributed by atoms with Gasteiger partial charge in [0.05, 0.1) is 0 Å². The summed E-state index contributed by atoms with van der Waals surface area (Å²) in [5, 5.41) is 6.41. The van der Waals surface area contributed by atoms with Gasteiger partial charge in [0.15, 0.2) is 0 Å². The molecule has 6 nitrogen and oxygen atoms in total. The fraction of sp³-hybridized carbons (Fsp3) is 0.308. The second kappa shape index (κ2) is 6.53. The van der Waals surface area contributed by atoms with Gasteiger partial charge in [-0.2, -0.15) is 9.97 Å². The third kappa shape index (κ3) is 4.09. The van der Waals surface area contributed by atoms with Gasteiger partial charge in [-0.1, -0.05) is 6.92 Å². The first-order chi connectivity index (χ1) is 9.28. The van der Waals surface area contributed by atoms with Gasteiger partial charge in [0.1, 0.15) is 11.6 Å². The lowest BCUT2D eigenvalue weighted by molar-refractivity contribution is 0.965. The lowest BCUT2D eigenvalue weighted by Gasteiger charge is -2.09. The van der Waals surface area contributed by atoms with Crippen molar-refractivity contribution in [2.75, 3.05) is 22.9 Å². The number of pyridine rings is 1. The first-order valence-electron chi connectivity index (χ1n) is 6.29. The van der Waals surface area contributed by atoms with Crippen LogP contribution in [0.1, 0.15) is 18.9 Å². The van der Waals surface area contributed by atoms with E-state index in [1.165, 1.54) is 0 Å². The van der Waals surface area contributed by atoms with Gasteiger partial charge < -0.3 is 16.4 Å². The molecular weight excluding hydrogens is 240 g/mol. The van der Waals surface area contributed by atoms with Crippen LogP contribution in [0.15, 0.2) is 30.6 Å². The molecule has 0 aliphatic heterocycles. The number of aromatic nitrogens is 3. The van der Waals surface area contributed by atoms with Crippen molar-refractivity contribution < 1.29 is 0 Å². The normalized spacial score (nSPS) is 10.2. The molecule has 2 aromatic heterocycles. The number of anilines is 3. The Hall–Kier alpha value is -2.37. The van der Waals surface area contributed by atoms with Crippen molar-refractivity contribution in [1.82, 2.24) is 15.0 Å². The van der Waals surface area contributed by atoms with Crippen molar-refractivity contribution in [2.24, 2.45) is 0 Å². The van der Waals surface area contributed by atoms with Crippen LogP contribution >= 0.6 is 0 Å². The molecule has 6 heteroatoms. The average molecular weight is 258 g/mol. The Morgan fingerprint density at radius 1 is 1.11 bits per heavy atom. The number of nitrogen functional groups attached to an aromatic ring is 1. The van der Waals surface area contributed by atoms with Gasteiger partial charge in [-0.05, 0) is 24.1 Å². The van der Waals surface area contributed by atoms with Crippen LogP contribution in [-0.2, 0) is 6.54 Å². The highest BCUT2D eigenvalue weighted by Crippen LogP contribution is 2.13. The Kier molecular flexibility index (Phi) is 4.49. The van der Waals surface area contributed by atoms with E-state index in [0.717, 1.165) is 24.3 Å². The summed E-state index contributed by atoms with van der Waals surface area (Å²) in [5.41, 5.74) is 6.82. The van der Waals surface area contributed by atoms with E-state index in [9.17, 15) is 0 Å². The molecule has 2 aromatic rings. The van der Waals surface area contributed by atoms with E-state index in [1.807, 2.05) is 18.2 Å². The smallest absolute Gasteiger partial charge is 0.223 e. The SMILES string of the molecule is CCCNc1cc(NCc2ccncc2)nc(N)n1. The minimum Gasteiger partial charge on any atom is -0.370 e. The van der Waals surface area contributed by atoms with Crippen molar-refractivity contribution in [3.8, 4) is 0 Å². The maximum atomic E-state index is 5.69. The van der Waals surface area contributed by atoms with Crippen LogP contribution in [0.3, 0.4) is 0 Å². The largest absolute Gasteiger partial charge is 0.370 e. The highest BCUT2D eigenvalue weighted by molar-refractivity contribution is 5.51. The molecule has 0 atom stereocenters. The van der Waals surface area contributed by atoms with Crippen LogP contribution in [0.25, 0.3) is 0 Å². The van der Waals surface area contributed by atoms with E-state index in [4.69, 9.17) is 5.73 Å². The summed E-state index contributed by atoms with van der Waals surface area (Å²) in [5.74, 6) is 1.72. The molecule has 19 heavy (non-hydrogen) atoms. The summed E-state index contributed by atoms with van der Waals surface area (Å²) in [4.78, 5) is 12.3. The molecule has 0 radical (unpaired) electrons. The quantitative estimate of drug-likeness (QED) is 0.733. The van der Waals surface area contributed by atoms with E-state index in [0.29, 0.717) is 12.4 Å². The third-order valence-electron chi connectivity index (χ3n) is 2.52. The molecule has 0 spiro atoms. The Balaban J connectivity index is 2.01. The van der Waals surface area contributed by atoms with Crippen LogP contribution in [0, 0.1) is 0 Å². The van der Waals surface area contributed by atoms with Crippen molar-refractivity contribution in [3.05, 3.63) is 36.2 Å². The number of nitrogens with two attached hydrogens (primary N) is 1. The van der Waals surface area contributed by atoms with Gasteiger partial charge >= 0.3 is 0 Å². The average Bonchev–Trinajstić information content (AvgIpc) is 2.43. The molecule has 0 aromatic carbocycles. The standard InChI is InChI=1S/C13H18N6/c1-2-5-16-11-8-12(19-13(14)18-11)17-9-10-3-6-15-7-4-10/h3-4,6-8H,2,5,9H2,1H3,(H4,14,16,17,18,19). The second-order valence-corrected chi connectivity index (χ2v) is 4.13. The minimum absolute atomic E-state index is 0.262. The number of nitrogens with zero attached hydrogens (tertiary/aromatic N) is 3. The Bertz CT molecular complexity index is 514. The van der Waals surface area contributed by atoms with E-state index in [2.05, 4.69) is 32.5 Å². The molecule has 4 N–H and O–H groups in total. The van der Waals surface area contributed by atoms with Crippen molar-refractivity contribution in [2.45, 2.75) is 19.9 Å². The maximum Gasteiger partial charge on any atom is 0.223 e. The predicted molar refractivity (Wildman–Crippen MR) is 76.8 cm³/mol. The number of hydrogen-bond acceptors (Lipinski definition) is 6. The highest BCUT2D eigenvalue weighted by Gasteiger charge is 2.01. The highest BCUT2D eigenvalue weighted by atomic mass is 15.1. The predicted octanol–water partition coefficient (Wildman–Crippen LogP) is 1.89. The van der Waals surface area contributed by atoms with Gasteiger partial charge in [-0.3, -0.25) is 4.98 Å². The van der Waals surface area contributed by atoms with Crippen LogP contribution in [0.4, 0.5) is 17.6 Å². The zero-order valence-corrected chi connectivity index (χ0v) is 10.9. The third-order valence-corrected chi connectivity index (χ3v) is 2.52. The topological polar surface area (TPSA) is 88.8 Å². The summed E-state index contributed by atoms with van der Waals surface area (Å²) in [6, 6.07) is 5.76. The number of hydrogen-bond donors (Lipinski definition) is 3. The molecule has 0 fully saturated rings. The molecule has 0 aliphatic rings. The molecule has 0 amide bonds. The van der Waals surface area contributed by atoms with E-state index >= 15 is 0 Å². The van der Waals surface area contributed by atoms with Gasteiger partial charge in [0.25, 0.3) is 0 Å². The fourth-order valence-corrected chi connectivity index (χ4v) is 1.59. The van der Waals surface area contributed by atoms with E-state index in [-0.39, 0.29) is 5.95 Å². The number of rotatable bonds is 6. The summed E-state index contributed by atoms with van der Waals surface area (Å²) in [6.45, 7) is 3.63. The zero-order valence-electron chi connectivity index (χ0n) is 10.9. The lowest BCUT2D eigenvalue weighted by atomic mass is 10.3. The van der Waals surface area contributed by atoms with Gasteiger partial charge in [0, 0.05) is 31.5 Å². The first-order valence-corrected chi connectivity index (χ1v) is 6.29. The van der Waals surface area contributed by atoms with E-state index in [1.54, 1.807) is 12.4 Å². The van der Waals surface area contributed by atoms with Gasteiger partial charge in [0.2, 0.25) is 5.95 Å². The zero-order chi connectivity index (χ0) is 13.5. The van der Waals surface area contributed by atoms with Crippen LogP contribution in [-0.4, -0.2) is 21.5 Å². The van der Waals surface area contributed by atoms with Crippen LogP contribution in [0.2, 0.25) is 0 Å². The second-order valence-electron chi connectivity index (χ2n) is 4.13. The minimum atomic E-state index is 0.262. The number of nitrogens with one attached hydrogen (secondary N) is 2. The maximum absolute atomic E-state index is 5.69.